The van der Waals surface area contributed by atoms with Crippen molar-refractivity contribution in [2.45, 2.75) is 25.4 Å². The minimum atomic E-state index is -5.05. The van der Waals surface area contributed by atoms with Crippen molar-refractivity contribution < 1.29 is 53.1 Å². The predicted molar refractivity (Wildman–Crippen MR) is 59.8 cm³/mol. The Morgan fingerprint density at radius 3 is 1.68 bits per heavy atom. The van der Waals surface area contributed by atoms with Gasteiger partial charge >= 0.3 is 21.6 Å². The van der Waals surface area contributed by atoms with Crippen LogP contribution in [0.15, 0.2) is 0 Å². The third-order valence-electron chi connectivity index (χ3n) is 1.40. The molecule has 0 aliphatic rings. The number of rotatable bonds is 6. The van der Waals surface area contributed by atoms with Crippen LogP contribution >= 0.6 is 15.6 Å². The molecule has 11 nitrogen and oxygen atoms in total. The maximum Gasteiger partial charge on any atom is 0.478 e. The van der Waals surface area contributed by atoms with Gasteiger partial charge in [0.05, 0.1) is 12.0 Å². The van der Waals surface area contributed by atoms with E-state index in [9.17, 15) is 13.9 Å². The number of phosphoric acid groups is 2. The third-order valence-corrected chi connectivity index (χ3v) is 3.10. The fourth-order valence-corrected chi connectivity index (χ4v) is 1.90. The normalized spacial score (nSPS) is 15.1. The standard InChI is InChI=1S/C6H12O4.H4O7P2/c1-6(10,2-3-7)4-5(8)9;1-8(2,3)7-9(4,5)6/h7,10H,2-4H2,1H3,(H,8,9);(H2,1,2,3)(H2,4,5,6). The van der Waals surface area contributed by atoms with Gasteiger partial charge in [-0.3, -0.25) is 4.79 Å². The molecule has 0 bridgehead atoms. The largest absolute Gasteiger partial charge is 0.481 e. The Labute approximate surface area is 108 Å². The average Bonchev–Trinajstić information content (AvgIpc) is 1.92. The zero-order chi connectivity index (χ0) is 15.9. The fraction of sp³-hybridized carbons (Fsp3) is 0.833. The second-order valence-electron chi connectivity index (χ2n) is 3.60. The summed E-state index contributed by atoms with van der Waals surface area (Å²) in [6.07, 6.45) is -0.229. The quantitative estimate of drug-likeness (QED) is 0.288. The highest BCUT2D eigenvalue weighted by molar-refractivity contribution is 7.60. The van der Waals surface area contributed by atoms with Crippen LogP contribution in [0.4, 0.5) is 0 Å². The molecule has 0 rings (SSSR count). The summed E-state index contributed by atoms with van der Waals surface area (Å²) in [5.41, 5.74) is -1.28. The van der Waals surface area contributed by atoms with Crippen LogP contribution in [0, 0.1) is 0 Å². The lowest BCUT2D eigenvalue weighted by atomic mass is 9.99. The van der Waals surface area contributed by atoms with Crippen LogP contribution in [0.25, 0.3) is 0 Å². The Kier molecular flexibility index (Phi) is 8.88. The maximum absolute atomic E-state index is 10.0. The third kappa shape index (κ3) is 20.1. The SMILES string of the molecule is CC(O)(CCO)CC(=O)O.O=P(O)(O)OP(=O)(O)O. The number of carbonyl (C=O) groups is 1. The summed E-state index contributed by atoms with van der Waals surface area (Å²) in [7, 11) is -10.1. The number of carboxylic acid groups (broad SMARTS) is 1. The van der Waals surface area contributed by atoms with Crippen molar-refractivity contribution in [1.82, 2.24) is 0 Å². The molecule has 1 unspecified atom stereocenters. The number of aliphatic hydroxyl groups is 2. The van der Waals surface area contributed by atoms with Crippen molar-refractivity contribution in [2.24, 2.45) is 0 Å². The van der Waals surface area contributed by atoms with Gasteiger partial charge in [0.15, 0.2) is 0 Å². The van der Waals surface area contributed by atoms with E-state index in [0.717, 1.165) is 0 Å². The van der Waals surface area contributed by atoms with Gasteiger partial charge in [-0.25, -0.2) is 9.13 Å². The summed E-state index contributed by atoms with van der Waals surface area (Å²) < 4.78 is 22.2. The summed E-state index contributed by atoms with van der Waals surface area (Å²) in [5, 5.41) is 25.7. The van der Waals surface area contributed by atoms with Gasteiger partial charge in [0.25, 0.3) is 0 Å². The molecule has 0 radical (unpaired) electrons. The minimum absolute atomic E-state index is 0.0965. The first-order chi connectivity index (χ1) is 8.18. The second-order valence-corrected chi connectivity index (χ2v) is 6.22. The summed E-state index contributed by atoms with van der Waals surface area (Å²) in [4.78, 5) is 41.0. The van der Waals surface area contributed by atoms with E-state index in [0.29, 0.717) is 0 Å². The molecule has 1 atom stereocenters. The number of carboxylic acids is 1. The van der Waals surface area contributed by atoms with Crippen LogP contribution in [-0.2, 0) is 18.2 Å². The summed E-state index contributed by atoms with van der Waals surface area (Å²) in [5.74, 6) is -1.06. The Morgan fingerprint density at radius 2 is 1.53 bits per heavy atom. The lowest BCUT2D eigenvalue weighted by Gasteiger charge is -2.18. The van der Waals surface area contributed by atoms with Crippen molar-refractivity contribution in [3.8, 4) is 0 Å². The Balaban J connectivity index is 0. The van der Waals surface area contributed by atoms with E-state index in [1.54, 1.807) is 0 Å². The molecule has 0 saturated heterocycles. The molecule has 0 aromatic rings. The summed E-state index contributed by atoms with van der Waals surface area (Å²) in [6.45, 7) is 1.19. The van der Waals surface area contributed by atoms with Crippen LogP contribution < -0.4 is 0 Å². The van der Waals surface area contributed by atoms with Crippen molar-refractivity contribution in [1.29, 1.82) is 0 Å². The number of hydrogen-bond donors (Lipinski definition) is 7. The van der Waals surface area contributed by atoms with Gasteiger partial charge in [-0.1, -0.05) is 0 Å². The Morgan fingerprint density at radius 1 is 1.16 bits per heavy atom. The van der Waals surface area contributed by atoms with E-state index in [1.165, 1.54) is 6.92 Å². The molecule has 0 saturated carbocycles. The van der Waals surface area contributed by atoms with Crippen molar-refractivity contribution in [3.05, 3.63) is 0 Å². The van der Waals surface area contributed by atoms with Gasteiger partial charge in [-0.15, -0.1) is 0 Å². The van der Waals surface area contributed by atoms with Gasteiger partial charge in [-0.05, 0) is 13.3 Å². The first-order valence-corrected chi connectivity index (χ1v) is 7.62. The first kappa shape index (κ1) is 21.0. The van der Waals surface area contributed by atoms with Crippen LogP contribution in [0.2, 0.25) is 0 Å². The molecule has 7 N–H and O–H groups in total. The molecular weight excluding hydrogens is 310 g/mol. The molecule has 13 heteroatoms. The molecular formula is C6H16O11P2. The number of hydrogen-bond acceptors (Lipinski definition) is 6. The number of aliphatic hydroxyl groups excluding tert-OH is 1. The summed E-state index contributed by atoms with van der Waals surface area (Å²) in [6, 6.07) is 0. The van der Waals surface area contributed by atoms with E-state index in [2.05, 4.69) is 4.31 Å². The van der Waals surface area contributed by atoms with Crippen LogP contribution in [0.3, 0.4) is 0 Å². The second kappa shape index (κ2) is 8.05. The summed E-state index contributed by atoms with van der Waals surface area (Å²) >= 11 is 0. The van der Waals surface area contributed by atoms with E-state index < -0.39 is 27.2 Å². The molecule has 116 valence electrons. The molecule has 0 amide bonds. The average molecular weight is 326 g/mol. The Bertz CT molecular complexity index is 345. The monoisotopic (exact) mass is 326 g/mol. The van der Waals surface area contributed by atoms with Gasteiger partial charge in [-0.2, -0.15) is 4.31 Å². The van der Waals surface area contributed by atoms with E-state index in [1.807, 2.05) is 0 Å². The lowest BCUT2D eigenvalue weighted by Crippen LogP contribution is -2.28. The molecule has 0 aliphatic carbocycles. The van der Waals surface area contributed by atoms with E-state index >= 15 is 0 Å². The molecule has 0 aromatic carbocycles. The van der Waals surface area contributed by atoms with Gasteiger partial charge in [0.2, 0.25) is 0 Å². The molecule has 0 heterocycles. The van der Waals surface area contributed by atoms with Gasteiger partial charge in [0, 0.05) is 6.61 Å². The zero-order valence-corrected chi connectivity index (χ0v) is 11.6. The van der Waals surface area contributed by atoms with Crippen LogP contribution in [-0.4, -0.2) is 53.1 Å². The molecule has 0 spiro atoms. The maximum atomic E-state index is 10.0. The lowest BCUT2D eigenvalue weighted by molar-refractivity contribution is -0.142. The van der Waals surface area contributed by atoms with Crippen molar-refractivity contribution in [2.75, 3.05) is 6.61 Å². The first-order valence-electron chi connectivity index (χ1n) is 4.56. The van der Waals surface area contributed by atoms with Crippen LogP contribution in [0.1, 0.15) is 19.8 Å². The molecule has 0 aromatic heterocycles. The Hall–Kier alpha value is -0.350. The number of aliphatic carboxylic acids is 1. The molecule has 0 fully saturated rings. The topological polar surface area (TPSA) is 202 Å². The highest BCUT2D eigenvalue weighted by Gasteiger charge is 2.28. The predicted octanol–water partition coefficient (Wildman–Crippen LogP) is -1.22. The van der Waals surface area contributed by atoms with Crippen molar-refractivity contribution >= 4 is 21.6 Å². The van der Waals surface area contributed by atoms with Crippen molar-refractivity contribution in [3.63, 3.8) is 0 Å². The smallest absolute Gasteiger partial charge is 0.478 e. The van der Waals surface area contributed by atoms with Gasteiger partial charge < -0.3 is 34.9 Å². The zero-order valence-electron chi connectivity index (χ0n) is 9.78. The molecule has 19 heavy (non-hydrogen) atoms. The highest BCUT2D eigenvalue weighted by Crippen LogP contribution is 2.53. The fourth-order valence-electron chi connectivity index (χ4n) is 0.794. The van der Waals surface area contributed by atoms with E-state index in [-0.39, 0.29) is 19.4 Å². The van der Waals surface area contributed by atoms with Crippen LogP contribution in [0.5, 0.6) is 0 Å². The highest BCUT2D eigenvalue weighted by atomic mass is 31.3. The minimum Gasteiger partial charge on any atom is -0.481 e. The van der Waals surface area contributed by atoms with E-state index in [4.69, 9.17) is 34.9 Å². The molecule has 0 aliphatic heterocycles. The van der Waals surface area contributed by atoms with Gasteiger partial charge in [0.1, 0.15) is 0 Å².